The number of carbonyl (C=O) groups is 1. The molecule has 0 saturated heterocycles. The van der Waals surface area contributed by atoms with Crippen LogP contribution >= 0.6 is 0 Å². The SMILES string of the molecule is CC1=CCC(C)C1(C)C(=O)O. The summed E-state index contributed by atoms with van der Waals surface area (Å²) in [4.78, 5) is 10.9. The van der Waals surface area contributed by atoms with Crippen molar-refractivity contribution in [2.24, 2.45) is 11.3 Å². The van der Waals surface area contributed by atoms with Gasteiger partial charge in [-0.2, -0.15) is 0 Å². The van der Waals surface area contributed by atoms with Gasteiger partial charge in [-0.05, 0) is 26.2 Å². The van der Waals surface area contributed by atoms with E-state index in [1.165, 1.54) is 0 Å². The average Bonchev–Trinajstić information content (AvgIpc) is 2.18. The van der Waals surface area contributed by atoms with Crippen LogP contribution in [0, 0.1) is 11.3 Å². The molecule has 11 heavy (non-hydrogen) atoms. The van der Waals surface area contributed by atoms with Crippen LogP contribution in [0.4, 0.5) is 0 Å². The lowest BCUT2D eigenvalue weighted by Gasteiger charge is -2.26. The topological polar surface area (TPSA) is 37.3 Å². The van der Waals surface area contributed by atoms with Gasteiger partial charge in [-0.3, -0.25) is 4.79 Å². The summed E-state index contributed by atoms with van der Waals surface area (Å²) in [5, 5.41) is 8.97. The van der Waals surface area contributed by atoms with E-state index in [0.29, 0.717) is 0 Å². The van der Waals surface area contributed by atoms with Gasteiger partial charge in [0.1, 0.15) is 0 Å². The first kappa shape index (κ1) is 8.31. The summed E-state index contributed by atoms with van der Waals surface area (Å²) >= 11 is 0. The predicted octanol–water partition coefficient (Wildman–Crippen LogP) is 2.06. The van der Waals surface area contributed by atoms with Crippen molar-refractivity contribution < 1.29 is 9.90 Å². The molecule has 0 aromatic heterocycles. The Balaban J connectivity index is 3.00. The smallest absolute Gasteiger partial charge is 0.313 e. The molecule has 1 aliphatic carbocycles. The fourth-order valence-corrected chi connectivity index (χ4v) is 1.57. The molecule has 0 amide bonds. The summed E-state index contributed by atoms with van der Waals surface area (Å²) in [5.41, 5.74) is 0.387. The molecule has 0 aromatic carbocycles. The molecular formula is C9H14O2. The van der Waals surface area contributed by atoms with Crippen molar-refractivity contribution in [2.45, 2.75) is 27.2 Å². The van der Waals surface area contributed by atoms with E-state index >= 15 is 0 Å². The number of carboxylic acids is 1. The fraction of sp³-hybridized carbons (Fsp3) is 0.667. The van der Waals surface area contributed by atoms with Crippen LogP contribution in [-0.2, 0) is 4.79 Å². The van der Waals surface area contributed by atoms with Crippen molar-refractivity contribution in [3.8, 4) is 0 Å². The van der Waals surface area contributed by atoms with Crippen LogP contribution in [-0.4, -0.2) is 11.1 Å². The van der Waals surface area contributed by atoms with Crippen molar-refractivity contribution in [2.75, 3.05) is 0 Å². The minimum absolute atomic E-state index is 0.236. The van der Waals surface area contributed by atoms with Gasteiger partial charge in [-0.25, -0.2) is 0 Å². The summed E-state index contributed by atoms with van der Waals surface area (Å²) in [7, 11) is 0. The van der Waals surface area contributed by atoms with E-state index < -0.39 is 11.4 Å². The molecule has 1 rings (SSSR count). The Kier molecular flexibility index (Phi) is 1.78. The zero-order chi connectivity index (χ0) is 8.65. The van der Waals surface area contributed by atoms with Crippen LogP contribution in [0.2, 0.25) is 0 Å². The predicted molar refractivity (Wildman–Crippen MR) is 43.3 cm³/mol. The van der Waals surface area contributed by atoms with Gasteiger partial charge in [0.25, 0.3) is 0 Å². The van der Waals surface area contributed by atoms with E-state index in [1.54, 1.807) is 6.92 Å². The Labute approximate surface area is 66.9 Å². The molecule has 0 fully saturated rings. The van der Waals surface area contributed by atoms with Gasteiger partial charge >= 0.3 is 5.97 Å². The quantitative estimate of drug-likeness (QED) is 0.587. The third-order valence-electron chi connectivity index (χ3n) is 3.03. The van der Waals surface area contributed by atoms with Crippen LogP contribution < -0.4 is 0 Å². The second kappa shape index (κ2) is 2.36. The largest absolute Gasteiger partial charge is 0.481 e. The molecule has 0 spiro atoms. The van der Waals surface area contributed by atoms with Gasteiger partial charge in [0.15, 0.2) is 0 Å². The summed E-state index contributed by atoms with van der Waals surface area (Å²) in [6, 6.07) is 0. The Bertz CT molecular complexity index is 218. The molecule has 0 radical (unpaired) electrons. The minimum Gasteiger partial charge on any atom is -0.481 e. The molecule has 2 nitrogen and oxygen atoms in total. The van der Waals surface area contributed by atoms with E-state index in [0.717, 1.165) is 12.0 Å². The normalized spacial score (nSPS) is 37.0. The van der Waals surface area contributed by atoms with Crippen molar-refractivity contribution in [1.82, 2.24) is 0 Å². The van der Waals surface area contributed by atoms with Gasteiger partial charge < -0.3 is 5.11 Å². The Morgan fingerprint density at radius 3 is 2.55 bits per heavy atom. The molecule has 2 unspecified atom stereocenters. The molecule has 62 valence electrons. The Morgan fingerprint density at radius 2 is 2.36 bits per heavy atom. The molecule has 1 aliphatic rings. The third-order valence-corrected chi connectivity index (χ3v) is 3.03. The number of aliphatic carboxylic acids is 1. The number of hydrogen-bond acceptors (Lipinski definition) is 1. The van der Waals surface area contributed by atoms with Gasteiger partial charge in [-0.15, -0.1) is 0 Å². The van der Waals surface area contributed by atoms with Crippen LogP contribution in [0.25, 0.3) is 0 Å². The molecule has 2 heteroatoms. The van der Waals surface area contributed by atoms with Gasteiger partial charge in [-0.1, -0.05) is 18.6 Å². The average molecular weight is 154 g/mol. The maximum atomic E-state index is 10.9. The molecule has 0 aliphatic heterocycles. The first-order valence-corrected chi connectivity index (χ1v) is 3.90. The highest BCUT2D eigenvalue weighted by Gasteiger charge is 2.43. The molecule has 0 heterocycles. The van der Waals surface area contributed by atoms with Crippen molar-refractivity contribution >= 4 is 5.97 Å². The summed E-state index contributed by atoms with van der Waals surface area (Å²) in [5.74, 6) is -0.462. The first-order chi connectivity index (χ1) is 4.99. The highest BCUT2D eigenvalue weighted by atomic mass is 16.4. The molecule has 0 bridgehead atoms. The summed E-state index contributed by atoms with van der Waals surface area (Å²) in [6.45, 7) is 5.69. The zero-order valence-electron chi connectivity index (χ0n) is 7.22. The van der Waals surface area contributed by atoms with Gasteiger partial charge in [0.05, 0.1) is 5.41 Å². The van der Waals surface area contributed by atoms with Gasteiger partial charge in [0, 0.05) is 0 Å². The zero-order valence-corrected chi connectivity index (χ0v) is 7.22. The number of rotatable bonds is 1. The van der Waals surface area contributed by atoms with E-state index in [-0.39, 0.29) is 5.92 Å². The standard InChI is InChI=1S/C9H14O2/c1-6-4-5-7(2)9(6,3)8(10)11/h4,7H,5H2,1-3H3,(H,10,11). The maximum Gasteiger partial charge on any atom is 0.313 e. The van der Waals surface area contributed by atoms with Crippen LogP contribution in [0.15, 0.2) is 11.6 Å². The Morgan fingerprint density at radius 1 is 1.82 bits per heavy atom. The number of carboxylic acid groups (broad SMARTS) is 1. The molecule has 0 aromatic rings. The lowest BCUT2D eigenvalue weighted by Crippen LogP contribution is -2.32. The van der Waals surface area contributed by atoms with E-state index in [9.17, 15) is 4.79 Å². The molecule has 0 saturated carbocycles. The maximum absolute atomic E-state index is 10.9. The number of allylic oxidation sites excluding steroid dienone is 1. The van der Waals surface area contributed by atoms with E-state index in [1.807, 2.05) is 19.9 Å². The number of hydrogen-bond donors (Lipinski definition) is 1. The van der Waals surface area contributed by atoms with Crippen molar-refractivity contribution in [3.05, 3.63) is 11.6 Å². The third kappa shape index (κ3) is 0.971. The van der Waals surface area contributed by atoms with E-state index in [2.05, 4.69) is 0 Å². The molecule has 2 atom stereocenters. The Hall–Kier alpha value is -0.790. The molecular weight excluding hydrogens is 140 g/mol. The minimum atomic E-state index is -0.698. The van der Waals surface area contributed by atoms with Crippen LogP contribution in [0.1, 0.15) is 27.2 Å². The molecule has 1 N–H and O–H groups in total. The highest BCUT2D eigenvalue weighted by Crippen LogP contribution is 2.43. The van der Waals surface area contributed by atoms with Crippen molar-refractivity contribution in [3.63, 3.8) is 0 Å². The fourth-order valence-electron chi connectivity index (χ4n) is 1.57. The van der Waals surface area contributed by atoms with E-state index in [4.69, 9.17) is 5.11 Å². The van der Waals surface area contributed by atoms with Gasteiger partial charge in [0.2, 0.25) is 0 Å². The second-order valence-electron chi connectivity index (χ2n) is 3.53. The monoisotopic (exact) mass is 154 g/mol. The highest BCUT2D eigenvalue weighted by molar-refractivity contribution is 5.79. The second-order valence-corrected chi connectivity index (χ2v) is 3.53. The summed E-state index contributed by atoms with van der Waals surface area (Å²) < 4.78 is 0. The van der Waals surface area contributed by atoms with Crippen LogP contribution in [0.3, 0.4) is 0 Å². The lowest BCUT2D eigenvalue weighted by molar-refractivity contribution is -0.147. The lowest BCUT2D eigenvalue weighted by atomic mass is 9.77. The van der Waals surface area contributed by atoms with Crippen LogP contribution in [0.5, 0.6) is 0 Å². The summed E-state index contributed by atoms with van der Waals surface area (Å²) in [6.07, 6.45) is 2.92. The first-order valence-electron chi connectivity index (χ1n) is 3.90. The van der Waals surface area contributed by atoms with Crippen molar-refractivity contribution in [1.29, 1.82) is 0 Å².